The molecule has 3 rings (SSSR count). The van der Waals surface area contributed by atoms with Gasteiger partial charge in [0.15, 0.2) is 0 Å². The lowest BCUT2D eigenvalue weighted by Crippen LogP contribution is -2.53. The average Bonchev–Trinajstić information content (AvgIpc) is 2.60. The summed E-state index contributed by atoms with van der Waals surface area (Å²) in [5.74, 6) is 0. The first kappa shape index (κ1) is 18.2. The molecule has 25 heavy (non-hydrogen) atoms. The molecular weight excluding hydrogens is 316 g/mol. The van der Waals surface area contributed by atoms with Crippen LogP contribution in [0.4, 0.5) is 4.79 Å². The van der Waals surface area contributed by atoms with E-state index in [0.717, 1.165) is 25.7 Å². The number of rotatable bonds is 4. The number of carbonyl (C=O) groups excluding carboxylic acids is 1. The predicted molar refractivity (Wildman–Crippen MR) is 97.6 cm³/mol. The first-order valence-corrected chi connectivity index (χ1v) is 9.46. The van der Waals surface area contributed by atoms with E-state index in [9.17, 15) is 4.79 Å². The summed E-state index contributed by atoms with van der Waals surface area (Å²) < 4.78 is 11.6. The van der Waals surface area contributed by atoms with E-state index in [-0.39, 0.29) is 30.4 Å². The number of hydrogen-bond acceptors (Lipinski definition) is 3. The van der Waals surface area contributed by atoms with Crippen LogP contribution in [0.5, 0.6) is 0 Å². The van der Waals surface area contributed by atoms with Gasteiger partial charge in [0.1, 0.15) is 0 Å². The average molecular weight is 346 g/mol. The van der Waals surface area contributed by atoms with E-state index >= 15 is 0 Å². The highest BCUT2D eigenvalue weighted by Crippen LogP contribution is 2.20. The number of hydrogen-bond donors (Lipinski definition) is 1. The van der Waals surface area contributed by atoms with E-state index in [1.807, 2.05) is 11.0 Å². The third-order valence-corrected chi connectivity index (χ3v) is 5.05. The van der Waals surface area contributed by atoms with E-state index in [1.54, 1.807) is 0 Å². The third-order valence-electron chi connectivity index (χ3n) is 5.05. The molecule has 5 heteroatoms. The monoisotopic (exact) mass is 346 g/mol. The Morgan fingerprint density at radius 1 is 1.20 bits per heavy atom. The first-order chi connectivity index (χ1) is 12.1. The standard InChI is InChI=1S/C20H30N2O3/c1-15-12-18(13-16(2)25-15)21-20(23)22-10-11-24-19(14-22)9-8-17-6-4-3-5-7-17/h3-7,15-16,18-19H,8-14H2,1-2H3,(H,21,23)/t15-,16+,18?,19-/m1/s1. The molecule has 2 fully saturated rings. The van der Waals surface area contributed by atoms with Crippen molar-refractivity contribution < 1.29 is 14.3 Å². The van der Waals surface area contributed by atoms with Crippen molar-refractivity contribution in [1.29, 1.82) is 0 Å². The second-order valence-electron chi connectivity index (χ2n) is 7.34. The molecule has 1 unspecified atom stereocenters. The van der Waals surface area contributed by atoms with Crippen LogP contribution >= 0.6 is 0 Å². The van der Waals surface area contributed by atoms with Gasteiger partial charge >= 0.3 is 6.03 Å². The van der Waals surface area contributed by atoms with Crippen molar-refractivity contribution in [3.8, 4) is 0 Å². The number of urea groups is 1. The molecule has 0 radical (unpaired) electrons. The van der Waals surface area contributed by atoms with Crippen molar-refractivity contribution in [1.82, 2.24) is 10.2 Å². The van der Waals surface area contributed by atoms with Crippen LogP contribution in [0.15, 0.2) is 30.3 Å². The number of carbonyl (C=O) groups is 1. The molecule has 5 nitrogen and oxygen atoms in total. The van der Waals surface area contributed by atoms with Gasteiger partial charge in [0.25, 0.3) is 0 Å². The molecule has 0 aromatic heterocycles. The number of morpholine rings is 1. The van der Waals surface area contributed by atoms with Crippen LogP contribution in [0.3, 0.4) is 0 Å². The Hall–Kier alpha value is -1.59. The van der Waals surface area contributed by atoms with Crippen molar-refractivity contribution in [2.45, 2.75) is 63.9 Å². The van der Waals surface area contributed by atoms with Crippen LogP contribution in [0.25, 0.3) is 0 Å². The lowest BCUT2D eigenvalue weighted by Gasteiger charge is -2.36. The van der Waals surface area contributed by atoms with Crippen LogP contribution in [-0.4, -0.2) is 55.0 Å². The van der Waals surface area contributed by atoms with E-state index in [4.69, 9.17) is 9.47 Å². The molecule has 2 aliphatic rings. The van der Waals surface area contributed by atoms with Crippen LogP contribution in [0, 0.1) is 0 Å². The number of amides is 2. The molecule has 2 aliphatic heterocycles. The molecule has 1 aromatic rings. The summed E-state index contributed by atoms with van der Waals surface area (Å²) in [7, 11) is 0. The Morgan fingerprint density at radius 2 is 1.92 bits per heavy atom. The maximum Gasteiger partial charge on any atom is 0.317 e. The molecule has 138 valence electrons. The topological polar surface area (TPSA) is 50.8 Å². The van der Waals surface area contributed by atoms with Gasteiger partial charge in [0.05, 0.1) is 24.9 Å². The number of benzene rings is 1. The number of ether oxygens (including phenoxy) is 2. The Labute approximate surface area is 150 Å². The van der Waals surface area contributed by atoms with Crippen LogP contribution in [0.1, 0.15) is 38.7 Å². The zero-order valence-corrected chi connectivity index (χ0v) is 15.3. The van der Waals surface area contributed by atoms with E-state index in [2.05, 4.69) is 43.4 Å². The van der Waals surface area contributed by atoms with Gasteiger partial charge in [0, 0.05) is 19.1 Å². The molecule has 1 N–H and O–H groups in total. The molecule has 0 bridgehead atoms. The SMILES string of the molecule is C[C@@H]1CC(NC(=O)N2CCO[C@H](CCc3ccccc3)C2)C[C@H](C)O1. The van der Waals surface area contributed by atoms with Gasteiger partial charge < -0.3 is 19.7 Å². The summed E-state index contributed by atoms with van der Waals surface area (Å²) in [4.78, 5) is 14.5. The van der Waals surface area contributed by atoms with Gasteiger partial charge in [-0.2, -0.15) is 0 Å². The van der Waals surface area contributed by atoms with Crippen molar-refractivity contribution in [2.24, 2.45) is 0 Å². The lowest BCUT2D eigenvalue weighted by molar-refractivity contribution is -0.0432. The third kappa shape index (κ3) is 5.44. The summed E-state index contributed by atoms with van der Waals surface area (Å²) in [5, 5.41) is 3.20. The molecule has 0 saturated carbocycles. The second-order valence-corrected chi connectivity index (χ2v) is 7.34. The fraction of sp³-hybridized carbons (Fsp3) is 0.650. The summed E-state index contributed by atoms with van der Waals surface area (Å²) >= 11 is 0. The Morgan fingerprint density at radius 3 is 2.64 bits per heavy atom. The van der Waals surface area contributed by atoms with Crippen LogP contribution in [0.2, 0.25) is 0 Å². The minimum absolute atomic E-state index is 0.0410. The predicted octanol–water partition coefficient (Wildman–Crippen LogP) is 2.99. The lowest BCUT2D eigenvalue weighted by atomic mass is 10.00. The Kier molecular flexibility index (Phi) is 6.32. The fourth-order valence-electron chi connectivity index (χ4n) is 3.84. The first-order valence-electron chi connectivity index (χ1n) is 9.46. The van der Waals surface area contributed by atoms with Gasteiger partial charge in [-0.3, -0.25) is 0 Å². The molecule has 2 amide bonds. The van der Waals surface area contributed by atoms with E-state index < -0.39 is 0 Å². The van der Waals surface area contributed by atoms with Gasteiger partial charge in [-0.05, 0) is 45.1 Å². The maximum atomic E-state index is 12.6. The molecule has 4 atom stereocenters. The highest BCUT2D eigenvalue weighted by atomic mass is 16.5. The smallest absolute Gasteiger partial charge is 0.317 e. The van der Waals surface area contributed by atoms with Gasteiger partial charge in [0.2, 0.25) is 0 Å². The molecule has 2 heterocycles. The molecule has 0 spiro atoms. The van der Waals surface area contributed by atoms with Crippen molar-refractivity contribution in [2.75, 3.05) is 19.7 Å². The molecule has 1 aromatic carbocycles. The Balaban J connectivity index is 1.46. The molecule has 2 saturated heterocycles. The molecule has 0 aliphatic carbocycles. The van der Waals surface area contributed by atoms with Gasteiger partial charge in [-0.25, -0.2) is 4.79 Å². The van der Waals surface area contributed by atoms with Gasteiger partial charge in [-0.1, -0.05) is 30.3 Å². The van der Waals surface area contributed by atoms with Gasteiger partial charge in [-0.15, -0.1) is 0 Å². The van der Waals surface area contributed by atoms with Crippen LogP contribution < -0.4 is 5.32 Å². The zero-order chi connectivity index (χ0) is 17.6. The van der Waals surface area contributed by atoms with Crippen LogP contribution in [-0.2, 0) is 15.9 Å². The number of aryl methyl sites for hydroxylation is 1. The van der Waals surface area contributed by atoms with Crippen molar-refractivity contribution in [3.63, 3.8) is 0 Å². The highest BCUT2D eigenvalue weighted by molar-refractivity contribution is 5.74. The van der Waals surface area contributed by atoms with Crippen molar-refractivity contribution in [3.05, 3.63) is 35.9 Å². The maximum absolute atomic E-state index is 12.6. The normalized spacial score (nSPS) is 30.1. The highest BCUT2D eigenvalue weighted by Gasteiger charge is 2.29. The minimum Gasteiger partial charge on any atom is -0.375 e. The summed E-state index contributed by atoms with van der Waals surface area (Å²) in [6, 6.07) is 10.7. The largest absolute Gasteiger partial charge is 0.375 e. The number of nitrogens with one attached hydrogen (secondary N) is 1. The summed E-state index contributed by atoms with van der Waals surface area (Å²) in [5.41, 5.74) is 1.32. The van der Waals surface area contributed by atoms with E-state index in [0.29, 0.717) is 19.7 Å². The van der Waals surface area contributed by atoms with Crippen molar-refractivity contribution >= 4 is 6.03 Å². The summed E-state index contributed by atoms with van der Waals surface area (Å²) in [6.45, 7) is 6.11. The second kappa shape index (κ2) is 8.68. The zero-order valence-electron chi connectivity index (χ0n) is 15.3. The van der Waals surface area contributed by atoms with E-state index in [1.165, 1.54) is 5.56 Å². The quantitative estimate of drug-likeness (QED) is 0.912. The number of nitrogens with zero attached hydrogens (tertiary/aromatic N) is 1. The summed E-state index contributed by atoms with van der Waals surface area (Å²) in [6.07, 6.45) is 4.23. The minimum atomic E-state index is 0.0410. The molecular formula is C20H30N2O3. The fourth-order valence-corrected chi connectivity index (χ4v) is 3.84. The Bertz CT molecular complexity index is 541.